The SMILES string of the molecule is CCCCC(N)C1=CCCC1. The maximum absolute atomic E-state index is 6.00. The van der Waals surface area contributed by atoms with Crippen molar-refractivity contribution in [3.05, 3.63) is 11.6 Å². The predicted molar refractivity (Wildman–Crippen MR) is 49.4 cm³/mol. The third kappa shape index (κ3) is 2.66. The summed E-state index contributed by atoms with van der Waals surface area (Å²) in [5.74, 6) is 0. The van der Waals surface area contributed by atoms with Crippen molar-refractivity contribution in [2.75, 3.05) is 0 Å². The van der Waals surface area contributed by atoms with E-state index in [0.29, 0.717) is 6.04 Å². The largest absolute Gasteiger partial charge is 0.324 e. The molecule has 1 aliphatic carbocycles. The van der Waals surface area contributed by atoms with E-state index >= 15 is 0 Å². The number of unbranched alkanes of at least 4 members (excludes halogenated alkanes) is 1. The van der Waals surface area contributed by atoms with Crippen LogP contribution in [-0.2, 0) is 0 Å². The number of nitrogens with two attached hydrogens (primary N) is 1. The number of hydrogen-bond acceptors (Lipinski definition) is 1. The van der Waals surface area contributed by atoms with Gasteiger partial charge >= 0.3 is 0 Å². The van der Waals surface area contributed by atoms with Crippen molar-refractivity contribution >= 4 is 0 Å². The van der Waals surface area contributed by atoms with Gasteiger partial charge in [-0.05, 0) is 25.7 Å². The van der Waals surface area contributed by atoms with Crippen LogP contribution in [0.3, 0.4) is 0 Å². The van der Waals surface area contributed by atoms with Crippen molar-refractivity contribution < 1.29 is 0 Å². The second-order valence-corrected chi connectivity index (χ2v) is 3.42. The normalized spacial score (nSPS) is 20.0. The fraction of sp³-hybridized carbons (Fsp3) is 0.800. The summed E-state index contributed by atoms with van der Waals surface area (Å²) in [6.07, 6.45) is 9.90. The van der Waals surface area contributed by atoms with E-state index in [1.165, 1.54) is 44.1 Å². The lowest BCUT2D eigenvalue weighted by Crippen LogP contribution is -2.21. The van der Waals surface area contributed by atoms with Gasteiger partial charge in [-0.3, -0.25) is 0 Å². The highest BCUT2D eigenvalue weighted by Gasteiger charge is 2.11. The molecule has 1 aliphatic rings. The summed E-state index contributed by atoms with van der Waals surface area (Å²) in [7, 11) is 0. The summed E-state index contributed by atoms with van der Waals surface area (Å²) in [5, 5.41) is 0. The van der Waals surface area contributed by atoms with Crippen LogP contribution in [0.5, 0.6) is 0 Å². The molecule has 0 spiro atoms. The second-order valence-electron chi connectivity index (χ2n) is 3.42. The maximum Gasteiger partial charge on any atom is 0.0253 e. The highest BCUT2D eigenvalue weighted by molar-refractivity contribution is 5.13. The van der Waals surface area contributed by atoms with Gasteiger partial charge in [0.25, 0.3) is 0 Å². The highest BCUT2D eigenvalue weighted by Crippen LogP contribution is 2.21. The molecular formula is C10H19N. The maximum atomic E-state index is 6.00. The molecule has 1 nitrogen and oxygen atoms in total. The Morgan fingerprint density at radius 3 is 3.00 bits per heavy atom. The van der Waals surface area contributed by atoms with Gasteiger partial charge in [0.05, 0.1) is 0 Å². The molecule has 1 unspecified atom stereocenters. The molecule has 1 heteroatoms. The zero-order valence-corrected chi connectivity index (χ0v) is 7.47. The van der Waals surface area contributed by atoms with Crippen molar-refractivity contribution in [1.82, 2.24) is 0 Å². The molecule has 0 amide bonds. The van der Waals surface area contributed by atoms with Crippen LogP contribution in [0.15, 0.2) is 11.6 Å². The first kappa shape index (κ1) is 8.79. The standard InChI is InChI=1S/C10H19N/c1-2-3-8-10(11)9-6-4-5-7-9/h6,10H,2-5,7-8,11H2,1H3. The summed E-state index contributed by atoms with van der Waals surface area (Å²) < 4.78 is 0. The fourth-order valence-electron chi connectivity index (χ4n) is 1.64. The van der Waals surface area contributed by atoms with E-state index < -0.39 is 0 Å². The molecule has 0 aliphatic heterocycles. The van der Waals surface area contributed by atoms with Crippen LogP contribution in [-0.4, -0.2) is 6.04 Å². The quantitative estimate of drug-likeness (QED) is 0.617. The van der Waals surface area contributed by atoms with Crippen molar-refractivity contribution in [2.24, 2.45) is 5.73 Å². The highest BCUT2D eigenvalue weighted by atomic mass is 14.6. The summed E-state index contributed by atoms with van der Waals surface area (Å²) in [6, 6.07) is 0.373. The molecular weight excluding hydrogens is 134 g/mol. The van der Waals surface area contributed by atoms with Crippen LogP contribution in [0, 0.1) is 0 Å². The van der Waals surface area contributed by atoms with Gasteiger partial charge in [-0.1, -0.05) is 31.4 Å². The number of hydrogen-bond donors (Lipinski definition) is 1. The van der Waals surface area contributed by atoms with Gasteiger partial charge in [-0.25, -0.2) is 0 Å². The zero-order valence-electron chi connectivity index (χ0n) is 7.47. The molecule has 1 atom stereocenters. The minimum Gasteiger partial charge on any atom is -0.324 e. The summed E-state index contributed by atoms with van der Waals surface area (Å²) in [4.78, 5) is 0. The first-order valence-electron chi connectivity index (χ1n) is 4.79. The third-order valence-corrected chi connectivity index (χ3v) is 2.42. The van der Waals surface area contributed by atoms with Crippen LogP contribution < -0.4 is 5.73 Å². The van der Waals surface area contributed by atoms with Crippen molar-refractivity contribution in [2.45, 2.75) is 51.5 Å². The Labute approximate surface area is 69.7 Å². The summed E-state index contributed by atoms with van der Waals surface area (Å²) in [5.41, 5.74) is 7.51. The van der Waals surface area contributed by atoms with Gasteiger partial charge in [0.15, 0.2) is 0 Å². The van der Waals surface area contributed by atoms with Gasteiger partial charge < -0.3 is 5.73 Å². The van der Waals surface area contributed by atoms with E-state index in [1.807, 2.05) is 0 Å². The van der Waals surface area contributed by atoms with Gasteiger partial charge in [0.2, 0.25) is 0 Å². The molecule has 64 valence electrons. The average molecular weight is 153 g/mol. The lowest BCUT2D eigenvalue weighted by molar-refractivity contribution is 0.621. The molecule has 0 saturated carbocycles. The van der Waals surface area contributed by atoms with Gasteiger partial charge in [0, 0.05) is 6.04 Å². The molecule has 11 heavy (non-hydrogen) atoms. The monoisotopic (exact) mass is 153 g/mol. The van der Waals surface area contributed by atoms with Gasteiger partial charge in [-0.15, -0.1) is 0 Å². The van der Waals surface area contributed by atoms with Crippen LogP contribution in [0.25, 0.3) is 0 Å². The first-order chi connectivity index (χ1) is 5.34. The van der Waals surface area contributed by atoms with Crippen LogP contribution in [0.4, 0.5) is 0 Å². The van der Waals surface area contributed by atoms with Crippen molar-refractivity contribution in [3.8, 4) is 0 Å². The molecule has 0 fully saturated rings. The summed E-state index contributed by atoms with van der Waals surface area (Å²) in [6.45, 7) is 2.22. The third-order valence-electron chi connectivity index (χ3n) is 2.42. The Morgan fingerprint density at radius 1 is 1.64 bits per heavy atom. The van der Waals surface area contributed by atoms with E-state index in [9.17, 15) is 0 Å². The fourth-order valence-corrected chi connectivity index (χ4v) is 1.64. The Hall–Kier alpha value is -0.300. The van der Waals surface area contributed by atoms with E-state index in [-0.39, 0.29) is 0 Å². The van der Waals surface area contributed by atoms with Gasteiger partial charge in [0.1, 0.15) is 0 Å². The Morgan fingerprint density at radius 2 is 2.45 bits per heavy atom. The topological polar surface area (TPSA) is 26.0 Å². The second kappa shape index (κ2) is 4.55. The Kier molecular flexibility index (Phi) is 3.64. The first-order valence-corrected chi connectivity index (χ1v) is 4.79. The number of rotatable bonds is 4. The lowest BCUT2D eigenvalue weighted by Gasteiger charge is -2.11. The Bertz CT molecular complexity index is 138. The van der Waals surface area contributed by atoms with Crippen molar-refractivity contribution in [1.29, 1.82) is 0 Å². The zero-order chi connectivity index (χ0) is 8.10. The molecule has 0 radical (unpaired) electrons. The number of allylic oxidation sites excluding steroid dienone is 1. The van der Waals surface area contributed by atoms with Gasteiger partial charge in [-0.2, -0.15) is 0 Å². The minimum atomic E-state index is 0.373. The molecule has 1 rings (SSSR count). The predicted octanol–water partition coefficient (Wildman–Crippen LogP) is 2.61. The van der Waals surface area contributed by atoms with E-state index in [1.54, 1.807) is 0 Å². The summed E-state index contributed by atoms with van der Waals surface area (Å²) >= 11 is 0. The van der Waals surface area contributed by atoms with Crippen LogP contribution in [0.1, 0.15) is 45.4 Å². The molecule has 0 heterocycles. The molecule has 0 saturated heterocycles. The molecule has 0 aromatic heterocycles. The minimum absolute atomic E-state index is 0.373. The lowest BCUT2D eigenvalue weighted by atomic mass is 10.0. The van der Waals surface area contributed by atoms with E-state index in [2.05, 4.69) is 13.0 Å². The van der Waals surface area contributed by atoms with E-state index in [4.69, 9.17) is 5.73 Å². The Balaban J connectivity index is 2.23. The molecule has 0 aromatic carbocycles. The molecule has 0 aromatic rings. The van der Waals surface area contributed by atoms with Crippen LogP contribution >= 0.6 is 0 Å². The van der Waals surface area contributed by atoms with Crippen molar-refractivity contribution in [3.63, 3.8) is 0 Å². The van der Waals surface area contributed by atoms with Crippen LogP contribution in [0.2, 0.25) is 0 Å². The molecule has 2 N–H and O–H groups in total. The molecule has 0 bridgehead atoms. The smallest absolute Gasteiger partial charge is 0.0253 e. The average Bonchev–Trinajstić information content (AvgIpc) is 2.52. The van der Waals surface area contributed by atoms with E-state index in [0.717, 1.165) is 0 Å².